The van der Waals surface area contributed by atoms with Gasteiger partial charge in [-0.3, -0.25) is 14.3 Å². The number of phenols is 1. The summed E-state index contributed by atoms with van der Waals surface area (Å²) in [4.78, 5) is 12.8. The lowest BCUT2D eigenvalue weighted by molar-refractivity contribution is -0.130. The van der Waals surface area contributed by atoms with Crippen LogP contribution in [0.5, 0.6) is 5.75 Å². The van der Waals surface area contributed by atoms with Crippen LogP contribution in [0.25, 0.3) is 10.4 Å². The van der Waals surface area contributed by atoms with Crippen LogP contribution in [0.3, 0.4) is 0 Å². The van der Waals surface area contributed by atoms with E-state index in [1.165, 1.54) is 26.4 Å². The number of nitrogens with one attached hydrogen (secondary N) is 1. The summed E-state index contributed by atoms with van der Waals surface area (Å²) in [6.07, 6.45) is 1.73. The molecule has 2 aromatic carbocycles. The number of phenolic OH excluding ortho intramolecular Hbond substituents is 1. The average molecular weight is 548 g/mol. The fourth-order valence-electron chi connectivity index (χ4n) is 3.63. The second-order valence-corrected chi connectivity index (χ2v) is 10.3. The summed E-state index contributed by atoms with van der Waals surface area (Å²) in [6, 6.07) is 17.4. The molecule has 0 fully saturated rings. The van der Waals surface area contributed by atoms with E-state index in [0.717, 1.165) is 16.0 Å². The van der Waals surface area contributed by atoms with Gasteiger partial charge in [-0.15, -0.1) is 16.4 Å². The topological polar surface area (TPSA) is 138 Å². The largest absolute Gasteiger partial charge is 0.506 e. The molecular formula is C23H22ClN5O5S2. The van der Waals surface area contributed by atoms with Gasteiger partial charge < -0.3 is 5.11 Å². The Kier molecular flexibility index (Phi) is 8.21. The van der Waals surface area contributed by atoms with Gasteiger partial charge in [-0.05, 0) is 41.8 Å². The maximum absolute atomic E-state index is 12.1. The predicted octanol–water partition coefficient (Wildman–Crippen LogP) is 3.58. The smallest absolute Gasteiger partial charge is 0.245 e. The molecule has 13 heteroatoms. The first-order valence-corrected chi connectivity index (χ1v) is 13.0. The quantitative estimate of drug-likeness (QED) is 0.135. The molecule has 4 rings (SSSR count). The first-order chi connectivity index (χ1) is 17.3. The monoisotopic (exact) mass is 547 g/mol. The molecule has 0 aliphatic carbocycles. The second-order valence-electron chi connectivity index (χ2n) is 7.87. The van der Waals surface area contributed by atoms with Gasteiger partial charge in [0.05, 0.1) is 30.2 Å². The van der Waals surface area contributed by atoms with Gasteiger partial charge >= 0.3 is 0 Å². The van der Waals surface area contributed by atoms with Gasteiger partial charge in [-0.1, -0.05) is 53.2 Å². The number of rotatable bonds is 10. The van der Waals surface area contributed by atoms with Crippen LogP contribution in [0.2, 0.25) is 5.02 Å². The SMILES string of the molecule is O=C(C[C@H](Cc1ccc(O)c(Cl)c1)n1cc(CN(c2ccc(-c3ccccc3)s2)[SH](=O)=O)nn1)NO. The third kappa shape index (κ3) is 6.21. The van der Waals surface area contributed by atoms with Crippen molar-refractivity contribution in [1.29, 1.82) is 0 Å². The third-order valence-corrected chi connectivity index (χ3v) is 7.72. The van der Waals surface area contributed by atoms with E-state index in [9.17, 15) is 18.3 Å². The van der Waals surface area contributed by atoms with Gasteiger partial charge in [0.25, 0.3) is 0 Å². The zero-order valence-electron chi connectivity index (χ0n) is 18.7. The molecule has 0 aliphatic heterocycles. The zero-order valence-corrected chi connectivity index (χ0v) is 21.2. The Balaban J connectivity index is 1.55. The molecule has 0 radical (unpaired) electrons. The average Bonchev–Trinajstić information content (AvgIpc) is 3.55. The van der Waals surface area contributed by atoms with Gasteiger partial charge in [0.2, 0.25) is 16.8 Å². The number of thiol groups is 1. The highest BCUT2D eigenvalue weighted by Crippen LogP contribution is 2.34. The minimum absolute atomic E-state index is 0.0442. The molecule has 188 valence electrons. The van der Waals surface area contributed by atoms with Gasteiger partial charge in [0.15, 0.2) is 0 Å². The molecule has 36 heavy (non-hydrogen) atoms. The summed E-state index contributed by atoms with van der Waals surface area (Å²) in [5.41, 5.74) is 3.70. The van der Waals surface area contributed by atoms with Crippen LogP contribution >= 0.6 is 22.9 Å². The number of carbonyl (C=O) groups excluding carboxylic acids is 1. The molecule has 10 nitrogen and oxygen atoms in total. The molecule has 4 aromatic rings. The minimum Gasteiger partial charge on any atom is -0.506 e. The Morgan fingerprint density at radius 1 is 1.17 bits per heavy atom. The number of amides is 1. The highest BCUT2D eigenvalue weighted by Gasteiger charge is 2.21. The van der Waals surface area contributed by atoms with Crippen molar-refractivity contribution in [2.75, 3.05) is 4.31 Å². The summed E-state index contributed by atoms with van der Waals surface area (Å²) < 4.78 is 26.8. The number of benzene rings is 2. The number of halogens is 1. The van der Waals surface area contributed by atoms with Crippen molar-refractivity contribution in [2.45, 2.75) is 25.4 Å². The minimum atomic E-state index is -2.96. The normalized spacial score (nSPS) is 12.0. The van der Waals surface area contributed by atoms with Crippen LogP contribution in [0.4, 0.5) is 5.00 Å². The second kappa shape index (κ2) is 11.5. The predicted molar refractivity (Wildman–Crippen MR) is 137 cm³/mol. The van der Waals surface area contributed by atoms with Crippen molar-refractivity contribution in [3.05, 3.63) is 83.1 Å². The van der Waals surface area contributed by atoms with E-state index in [-0.39, 0.29) is 23.7 Å². The fourth-order valence-corrected chi connectivity index (χ4v) is 5.56. The van der Waals surface area contributed by atoms with Crippen LogP contribution in [0.1, 0.15) is 23.7 Å². The first-order valence-electron chi connectivity index (χ1n) is 10.7. The number of hydrogen-bond donors (Lipinski definition) is 4. The number of anilines is 1. The van der Waals surface area contributed by atoms with E-state index >= 15 is 0 Å². The van der Waals surface area contributed by atoms with E-state index < -0.39 is 22.8 Å². The molecule has 2 aromatic heterocycles. The molecule has 2 heterocycles. The molecule has 0 unspecified atom stereocenters. The lowest BCUT2D eigenvalue weighted by Gasteiger charge is -2.16. The molecule has 1 atom stereocenters. The van der Waals surface area contributed by atoms with E-state index in [1.54, 1.807) is 29.9 Å². The van der Waals surface area contributed by atoms with Crippen LogP contribution < -0.4 is 9.79 Å². The van der Waals surface area contributed by atoms with Crippen molar-refractivity contribution < 1.29 is 23.5 Å². The maximum Gasteiger partial charge on any atom is 0.245 e. The Labute approximate surface area is 217 Å². The number of aromatic hydroxyl groups is 1. The standard InChI is InChI=1S/C23H22ClN5O5S2/c24-19-11-15(6-7-20(19)30)10-18(12-22(31)26-32)28-13-17(25-27-28)14-29(36(33)34)23-9-8-21(35-23)16-4-2-1-3-5-16/h1-9,11,13,18,30,32,36H,10,12,14H2,(H,26,31)/t18-/m0/s1. The number of nitrogens with zero attached hydrogens (tertiary/aromatic N) is 4. The number of hydroxylamine groups is 1. The highest BCUT2D eigenvalue weighted by molar-refractivity contribution is 7.74. The lowest BCUT2D eigenvalue weighted by atomic mass is 10.0. The van der Waals surface area contributed by atoms with E-state index in [0.29, 0.717) is 17.1 Å². The van der Waals surface area contributed by atoms with Gasteiger partial charge in [0.1, 0.15) is 16.4 Å². The van der Waals surface area contributed by atoms with Crippen molar-refractivity contribution in [3.8, 4) is 16.2 Å². The lowest BCUT2D eigenvalue weighted by Crippen LogP contribution is -2.25. The number of thiophene rings is 1. The number of aromatic nitrogens is 3. The highest BCUT2D eigenvalue weighted by atomic mass is 35.5. The van der Waals surface area contributed by atoms with Crippen LogP contribution in [0.15, 0.2) is 66.9 Å². The Bertz CT molecular complexity index is 1420. The van der Waals surface area contributed by atoms with Crippen molar-refractivity contribution in [2.24, 2.45) is 0 Å². The maximum atomic E-state index is 12.1. The summed E-state index contributed by atoms with van der Waals surface area (Å²) >= 11 is 7.34. The van der Waals surface area contributed by atoms with Crippen LogP contribution in [-0.4, -0.2) is 39.6 Å². The van der Waals surface area contributed by atoms with Gasteiger partial charge in [0, 0.05) is 4.88 Å². The number of hydrogen-bond acceptors (Lipinski definition) is 8. The van der Waals surface area contributed by atoms with Crippen LogP contribution in [-0.2, 0) is 28.7 Å². The third-order valence-electron chi connectivity index (χ3n) is 5.37. The van der Waals surface area contributed by atoms with Gasteiger partial charge in [-0.2, -0.15) is 0 Å². The van der Waals surface area contributed by atoms with Gasteiger partial charge in [-0.25, -0.2) is 18.6 Å². The van der Waals surface area contributed by atoms with E-state index in [2.05, 4.69) is 10.3 Å². The summed E-state index contributed by atoms with van der Waals surface area (Å²) in [5.74, 6) is -0.692. The first kappa shape index (κ1) is 25.6. The Hall–Kier alpha value is -3.45. The zero-order chi connectivity index (χ0) is 25.7. The van der Waals surface area contributed by atoms with E-state index in [4.69, 9.17) is 16.8 Å². The Morgan fingerprint density at radius 3 is 2.64 bits per heavy atom. The molecule has 0 bridgehead atoms. The number of carbonyl (C=O) groups is 1. The van der Waals surface area contributed by atoms with Crippen LogP contribution in [0, 0.1) is 0 Å². The molecule has 0 aliphatic rings. The molecular weight excluding hydrogens is 526 g/mol. The molecule has 0 saturated carbocycles. The van der Waals surface area contributed by atoms with Crippen molar-refractivity contribution >= 4 is 44.7 Å². The molecule has 0 spiro atoms. The Morgan fingerprint density at radius 2 is 1.94 bits per heavy atom. The summed E-state index contributed by atoms with van der Waals surface area (Å²) in [5, 5.41) is 27.6. The molecule has 3 N–H and O–H groups in total. The fraction of sp³-hybridized carbons (Fsp3) is 0.174. The molecule has 0 saturated heterocycles. The van der Waals surface area contributed by atoms with E-state index in [1.807, 2.05) is 36.4 Å². The molecule has 1 amide bonds. The van der Waals surface area contributed by atoms with Crippen molar-refractivity contribution in [1.82, 2.24) is 20.5 Å². The summed E-state index contributed by atoms with van der Waals surface area (Å²) in [7, 11) is -2.96. The van der Waals surface area contributed by atoms with Crippen molar-refractivity contribution in [3.63, 3.8) is 0 Å². The summed E-state index contributed by atoms with van der Waals surface area (Å²) in [6.45, 7) is -0.0442.